The van der Waals surface area contributed by atoms with Crippen LogP contribution in [-0.4, -0.2) is 0 Å². The maximum atomic E-state index is 2.33. The van der Waals surface area contributed by atoms with Crippen LogP contribution in [0.25, 0.3) is 11.1 Å². The number of hydrogen-bond donors (Lipinski definition) is 0. The van der Waals surface area contributed by atoms with Crippen molar-refractivity contribution in [3.05, 3.63) is 49.1 Å². The summed E-state index contributed by atoms with van der Waals surface area (Å²) in [6.45, 7) is 3.44. The maximum Gasteiger partial charge on any atom is 0.169 e. The van der Waals surface area contributed by atoms with Crippen LogP contribution in [-0.2, 0) is 13.6 Å². The number of nitrogens with zero attached hydrogens (tertiary/aromatic N) is 2. The van der Waals surface area contributed by atoms with Gasteiger partial charge in [-0.25, -0.2) is 9.13 Å². The molecule has 2 heteroatoms. The summed E-state index contributed by atoms with van der Waals surface area (Å²) in [5, 5.41) is 0. The molecule has 0 bridgehead atoms. The summed E-state index contributed by atoms with van der Waals surface area (Å²) < 4.78 is 4.41. The Morgan fingerprint density at radius 2 is 0.788 bits per heavy atom. The van der Waals surface area contributed by atoms with E-state index < -0.39 is 0 Å². The molecule has 2 heterocycles. The van der Waals surface area contributed by atoms with Crippen molar-refractivity contribution in [2.24, 2.45) is 7.05 Å². The van der Waals surface area contributed by atoms with Gasteiger partial charge in [0.25, 0.3) is 0 Å². The van der Waals surface area contributed by atoms with Crippen LogP contribution in [0.3, 0.4) is 0 Å². The normalized spacial score (nSPS) is 11.2. The van der Waals surface area contributed by atoms with Crippen LogP contribution in [0.4, 0.5) is 0 Å². The van der Waals surface area contributed by atoms with Gasteiger partial charge in [0.1, 0.15) is 13.6 Å². The standard InChI is InChI=1S/C31H52N2/c1-3-4-5-6-7-8-9-10-11-12-13-14-15-16-17-18-19-20-25-33-28-23-31(24-29-33)30-21-26-32(2)27-22-30/h21-24,26-29H,3-20,25H2,1-2H3/q+2. The summed E-state index contributed by atoms with van der Waals surface area (Å²) >= 11 is 0. The Hall–Kier alpha value is -1.70. The molecule has 0 unspecified atom stereocenters. The number of aryl methyl sites for hydroxylation is 2. The molecule has 0 radical (unpaired) electrons. The molecule has 33 heavy (non-hydrogen) atoms. The van der Waals surface area contributed by atoms with Crippen molar-refractivity contribution in [2.45, 2.75) is 129 Å². The van der Waals surface area contributed by atoms with Crippen molar-refractivity contribution in [3.8, 4) is 11.1 Å². The first-order chi connectivity index (χ1) is 16.3. The third kappa shape index (κ3) is 13.6. The molecular weight excluding hydrogens is 400 g/mol. The van der Waals surface area contributed by atoms with Gasteiger partial charge in [-0.3, -0.25) is 0 Å². The van der Waals surface area contributed by atoms with Gasteiger partial charge in [-0.15, -0.1) is 0 Å². The second kappa shape index (κ2) is 18.7. The third-order valence-corrected chi connectivity index (χ3v) is 6.97. The third-order valence-electron chi connectivity index (χ3n) is 6.97. The van der Waals surface area contributed by atoms with Crippen LogP contribution in [0.2, 0.25) is 0 Å². The van der Waals surface area contributed by atoms with E-state index >= 15 is 0 Å². The van der Waals surface area contributed by atoms with Gasteiger partial charge in [0.05, 0.1) is 0 Å². The molecule has 0 fully saturated rings. The Morgan fingerprint density at radius 3 is 1.18 bits per heavy atom. The SMILES string of the molecule is CCCCCCCCCCCCCCCCCCCC[n+]1ccc(-c2cc[n+](C)cc2)cc1. The van der Waals surface area contributed by atoms with Crippen LogP contribution in [0.5, 0.6) is 0 Å². The molecule has 0 saturated heterocycles. The van der Waals surface area contributed by atoms with E-state index in [9.17, 15) is 0 Å². The smallest absolute Gasteiger partial charge is 0.169 e. The molecule has 2 rings (SSSR count). The van der Waals surface area contributed by atoms with E-state index in [1.54, 1.807) is 0 Å². The molecule has 0 aliphatic heterocycles. The van der Waals surface area contributed by atoms with E-state index in [0.29, 0.717) is 0 Å². The summed E-state index contributed by atoms with van der Waals surface area (Å²) in [4.78, 5) is 0. The fourth-order valence-corrected chi connectivity index (χ4v) is 4.69. The first-order valence-corrected chi connectivity index (χ1v) is 14.2. The van der Waals surface area contributed by atoms with Crippen LogP contribution in [0, 0.1) is 0 Å². The number of aromatic nitrogens is 2. The molecule has 0 atom stereocenters. The molecule has 0 aliphatic rings. The van der Waals surface area contributed by atoms with Gasteiger partial charge in [0.2, 0.25) is 0 Å². The molecule has 0 N–H and O–H groups in total. The van der Waals surface area contributed by atoms with Gasteiger partial charge >= 0.3 is 0 Å². The lowest BCUT2D eigenvalue weighted by Crippen LogP contribution is -2.32. The predicted octanol–water partition coefficient (Wildman–Crippen LogP) is 8.51. The quantitative estimate of drug-likeness (QED) is 0.140. The monoisotopic (exact) mass is 452 g/mol. The van der Waals surface area contributed by atoms with E-state index in [2.05, 4.69) is 72.2 Å². The van der Waals surface area contributed by atoms with Crippen LogP contribution in [0.15, 0.2) is 49.1 Å². The molecule has 0 aromatic carbocycles. The van der Waals surface area contributed by atoms with E-state index in [4.69, 9.17) is 0 Å². The topological polar surface area (TPSA) is 7.76 Å². The minimum absolute atomic E-state index is 1.14. The summed E-state index contributed by atoms with van der Waals surface area (Å²) in [6, 6.07) is 8.84. The first-order valence-electron chi connectivity index (χ1n) is 14.2. The second-order valence-electron chi connectivity index (χ2n) is 10.1. The maximum absolute atomic E-state index is 2.33. The predicted molar refractivity (Wildman–Crippen MR) is 142 cm³/mol. The second-order valence-corrected chi connectivity index (χ2v) is 10.1. The zero-order valence-electron chi connectivity index (χ0n) is 21.9. The van der Waals surface area contributed by atoms with Gasteiger partial charge in [-0.2, -0.15) is 0 Å². The van der Waals surface area contributed by atoms with Crippen LogP contribution < -0.4 is 9.13 Å². The lowest BCUT2D eigenvalue weighted by atomic mass is 10.0. The Morgan fingerprint density at radius 1 is 0.455 bits per heavy atom. The Balaban J connectivity index is 1.35. The van der Waals surface area contributed by atoms with Crippen LogP contribution in [0.1, 0.15) is 122 Å². The Labute approximate surface area is 205 Å². The van der Waals surface area contributed by atoms with Crippen LogP contribution >= 0.6 is 0 Å². The van der Waals surface area contributed by atoms with Gasteiger partial charge in [0, 0.05) is 30.7 Å². The van der Waals surface area contributed by atoms with E-state index in [1.165, 1.54) is 127 Å². The summed E-state index contributed by atoms with van der Waals surface area (Å²) in [6.07, 6.45) is 34.5. The van der Waals surface area contributed by atoms with E-state index in [1.807, 2.05) is 0 Å². The summed E-state index contributed by atoms with van der Waals surface area (Å²) in [5.41, 5.74) is 2.58. The highest BCUT2D eigenvalue weighted by Crippen LogP contribution is 2.16. The largest absolute Gasteiger partial charge is 0.208 e. The Bertz CT molecular complexity index is 690. The highest BCUT2D eigenvalue weighted by molar-refractivity contribution is 5.60. The average Bonchev–Trinajstić information content (AvgIpc) is 2.84. The Kier molecular flexibility index (Phi) is 15.6. The molecular formula is C31H52N2+2. The van der Waals surface area contributed by atoms with Gasteiger partial charge in [-0.05, 0) is 17.5 Å². The average molecular weight is 453 g/mol. The number of pyridine rings is 2. The highest BCUT2D eigenvalue weighted by atomic mass is 14.9. The summed E-state index contributed by atoms with van der Waals surface area (Å²) in [7, 11) is 2.06. The molecule has 2 aromatic heterocycles. The molecule has 184 valence electrons. The molecule has 0 saturated carbocycles. The van der Waals surface area contributed by atoms with Crippen molar-refractivity contribution >= 4 is 0 Å². The van der Waals surface area contributed by atoms with Crippen molar-refractivity contribution in [2.75, 3.05) is 0 Å². The van der Waals surface area contributed by atoms with Gasteiger partial charge in [-0.1, -0.05) is 110 Å². The lowest BCUT2D eigenvalue weighted by Gasteiger charge is -2.04. The molecule has 0 spiro atoms. The molecule has 2 nitrogen and oxygen atoms in total. The molecule has 0 amide bonds. The fourth-order valence-electron chi connectivity index (χ4n) is 4.69. The van der Waals surface area contributed by atoms with Crippen molar-refractivity contribution < 1.29 is 9.13 Å². The molecule has 0 aliphatic carbocycles. The van der Waals surface area contributed by atoms with Gasteiger partial charge < -0.3 is 0 Å². The van der Waals surface area contributed by atoms with Crippen molar-refractivity contribution in [1.82, 2.24) is 0 Å². The lowest BCUT2D eigenvalue weighted by molar-refractivity contribution is -0.697. The minimum Gasteiger partial charge on any atom is -0.208 e. The van der Waals surface area contributed by atoms with Gasteiger partial charge in [0.15, 0.2) is 24.8 Å². The molecule has 2 aromatic rings. The van der Waals surface area contributed by atoms with E-state index in [-0.39, 0.29) is 0 Å². The number of hydrogen-bond acceptors (Lipinski definition) is 0. The first kappa shape index (κ1) is 27.5. The number of rotatable bonds is 20. The zero-order chi connectivity index (χ0) is 23.4. The minimum atomic E-state index is 1.14. The number of unbranched alkanes of at least 4 members (excludes halogenated alkanes) is 17. The highest BCUT2D eigenvalue weighted by Gasteiger charge is 2.04. The zero-order valence-corrected chi connectivity index (χ0v) is 21.9. The van der Waals surface area contributed by atoms with Crippen molar-refractivity contribution in [3.63, 3.8) is 0 Å². The fraction of sp³-hybridized carbons (Fsp3) is 0.677. The summed E-state index contributed by atoms with van der Waals surface area (Å²) in [5.74, 6) is 0. The van der Waals surface area contributed by atoms with Crippen molar-refractivity contribution in [1.29, 1.82) is 0 Å². The van der Waals surface area contributed by atoms with E-state index in [0.717, 1.165) is 6.54 Å².